The van der Waals surface area contributed by atoms with Gasteiger partial charge in [-0.15, -0.1) is 0 Å². The maximum Gasteiger partial charge on any atom is 0.237 e. The number of hydrogen-bond acceptors (Lipinski definition) is 2. The number of benzene rings is 2. The van der Waals surface area contributed by atoms with E-state index in [0.717, 1.165) is 41.0 Å². The molecule has 0 fully saturated rings. The number of fused-ring (bicyclic) bond motifs is 2. The molecule has 0 aromatic heterocycles. The van der Waals surface area contributed by atoms with Gasteiger partial charge in [-0.2, -0.15) is 0 Å². The number of allylic oxidation sites excluding steroid dienone is 1. The van der Waals surface area contributed by atoms with Crippen molar-refractivity contribution < 1.29 is 8.42 Å². The van der Waals surface area contributed by atoms with Crippen LogP contribution in [0.5, 0.6) is 0 Å². The molecule has 2 aromatic carbocycles. The minimum atomic E-state index is -3.50. The summed E-state index contributed by atoms with van der Waals surface area (Å²) in [4.78, 5) is 0.469. The monoisotopic (exact) mass is 359 g/mol. The lowest BCUT2D eigenvalue weighted by molar-refractivity contribution is 0.559. The molecule has 3 nitrogen and oxygen atoms in total. The minimum absolute atomic E-state index is 0.193. The van der Waals surface area contributed by atoms with Crippen molar-refractivity contribution in [1.29, 1.82) is 0 Å². The third kappa shape index (κ3) is 2.79. The molecule has 1 N–H and O–H groups in total. The van der Waals surface area contributed by atoms with E-state index in [4.69, 9.17) is 11.6 Å². The molecule has 0 aliphatic heterocycles. The molecule has 1 atom stereocenters. The molecule has 5 heteroatoms. The first-order valence-electron chi connectivity index (χ1n) is 8.13. The second kappa shape index (κ2) is 6.03. The van der Waals surface area contributed by atoms with Crippen LogP contribution in [0.3, 0.4) is 0 Å². The van der Waals surface area contributed by atoms with Crippen LogP contribution in [-0.2, 0) is 22.9 Å². The van der Waals surface area contributed by atoms with Gasteiger partial charge in [0.15, 0.2) is 0 Å². The summed E-state index contributed by atoms with van der Waals surface area (Å²) in [5.74, 6) is 0. The predicted octanol–water partition coefficient (Wildman–Crippen LogP) is 4.23. The normalized spacial score (nSPS) is 19.5. The summed E-state index contributed by atoms with van der Waals surface area (Å²) in [6, 6.07) is 13.5. The van der Waals surface area contributed by atoms with E-state index in [-0.39, 0.29) is 6.04 Å². The highest BCUT2D eigenvalue weighted by Gasteiger charge is 2.30. The zero-order valence-corrected chi connectivity index (χ0v) is 14.7. The van der Waals surface area contributed by atoms with Gasteiger partial charge in [0.05, 0.1) is 4.91 Å². The van der Waals surface area contributed by atoms with Crippen LogP contribution in [0.25, 0.3) is 6.08 Å². The van der Waals surface area contributed by atoms with E-state index in [9.17, 15) is 8.42 Å². The molecule has 0 radical (unpaired) electrons. The molecular weight excluding hydrogens is 342 g/mol. The van der Waals surface area contributed by atoms with E-state index in [1.165, 1.54) is 5.56 Å². The summed E-state index contributed by atoms with van der Waals surface area (Å²) in [6.45, 7) is 0. The molecule has 124 valence electrons. The molecule has 24 heavy (non-hydrogen) atoms. The van der Waals surface area contributed by atoms with Crippen molar-refractivity contribution in [1.82, 2.24) is 4.72 Å². The number of rotatable bonds is 3. The molecule has 0 amide bonds. The van der Waals surface area contributed by atoms with Crippen LogP contribution in [0, 0.1) is 0 Å². The van der Waals surface area contributed by atoms with Crippen LogP contribution in [0.1, 0.15) is 41.1 Å². The molecule has 0 saturated heterocycles. The third-order valence-electron chi connectivity index (χ3n) is 4.87. The van der Waals surface area contributed by atoms with Crippen molar-refractivity contribution in [3.63, 3.8) is 0 Å². The van der Waals surface area contributed by atoms with Gasteiger partial charge < -0.3 is 0 Å². The average Bonchev–Trinajstić information content (AvgIpc) is 2.98. The number of nitrogens with one attached hydrogen (secondary N) is 1. The van der Waals surface area contributed by atoms with Crippen LogP contribution in [0.15, 0.2) is 47.4 Å². The molecule has 2 aliphatic carbocycles. The summed E-state index contributed by atoms with van der Waals surface area (Å²) >= 11 is 6.22. The lowest BCUT2D eigenvalue weighted by Gasteiger charge is -2.20. The van der Waals surface area contributed by atoms with Gasteiger partial charge >= 0.3 is 0 Å². The van der Waals surface area contributed by atoms with E-state index in [1.807, 2.05) is 36.4 Å². The predicted molar refractivity (Wildman–Crippen MR) is 97.3 cm³/mol. The Hall–Kier alpha value is -1.62. The van der Waals surface area contributed by atoms with Gasteiger partial charge in [-0.3, -0.25) is 0 Å². The molecule has 2 aromatic rings. The maximum absolute atomic E-state index is 12.8. The van der Waals surface area contributed by atoms with Crippen molar-refractivity contribution in [2.24, 2.45) is 0 Å². The second-order valence-electron chi connectivity index (χ2n) is 6.33. The van der Waals surface area contributed by atoms with Gasteiger partial charge in [0.1, 0.15) is 0 Å². The first-order chi connectivity index (χ1) is 11.5. The van der Waals surface area contributed by atoms with Crippen molar-refractivity contribution >= 4 is 27.7 Å². The molecule has 0 heterocycles. The third-order valence-corrected chi connectivity index (χ3v) is 6.83. The number of aryl methyl sites for hydroxylation is 1. The highest BCUT2D eigenvalue weighted by Crippen LogP contribution is 2.37. The molecule has 0 bridgehead atoms. The second-order valence-corrected chi connectivity index (χ2v) is 8.50. The van der Waals surface area contributed by atoms with Gasteiger partial charge in [-0.25, -0.2) is 13.1 Å². The lowest BCUT2D eigenvalue weighted by atomic mass is 9.98. The van der Waals surface area contributed by atoms with Crippen molar-refractivity contribution in [2.75, 3.05) is 0 Å². The van der Waals surface area contributed by atoms with Crippen LogP contribution < -0.4 is 4.72 Å². The molecule has 1 unspecified atom stereocenters. The highest BCUT2D eigenvalue weighted by atomic mass is 35.5. The van der Waals surface area contributed by atoms with Gasteiger partial charge in [0.2, 0.25) is 10.0 Å². The van der Waals surface area contributed by atoms with E-state index >= 15 is 0 Å². The topological polar surface area (TPSA) is 46.2 Å². The smallest absolute Gasteiger partial charge is 0.207 e. The molecule has 0 spiro atoms. The van der Waals surface area contributed by atoms with Gasteiger partial charge in [0.25, 0.3) is 0 Å². The largest absolute Gasteiger partial charge is 0.237 e. The molecule has 0 saturated carbocycles. The summed E-state index contributed by atoms with van der Waals surface area (Å²) in [6.07, 6.45) is 4.67. The Morgan fingerprint density at radius 1 is 1.00 bits per heavy atom. The van der Waals surface area contributed by atoms with Crippen LogP contribution >= 0.6 is 11.6 Å². The zero-order valence-electron chi connectivity index (χ0n) is 13.1. The Kier molecular flexibility index (Phi) is 3.99. The van der Waals surface area contributed by atoms with Gasteiger partial charge in [0, 0.05) is 11.1 Å². The standard InChI is InChI=1S/C19H18ClNO2S/c20-18-7-3-6-17-16(18)10-11-19(17)21-24(22,23)15-9-8-13-4-1-2-5-14(13)12-15/h1-7,12,19,21H,8-11H2. The SMILES string of the molecule is O=S(=O)(NC1CCc2c(Cl)cccc21)C1=Cc2ccccc2CC1. The first-order valence-corrected chi connectivity index (χ1v) is 9.99. The van der Waals surface area contributed by atoms with Crippen molar-refractivity contribution in [3.8, 4) is 0 Å². The van der Waals surface area contributed by atoms with E-state index in [0.29, 0.717) is 11.3 Å². The Morgan fingerprint density at radius 3 is 2.71 bits per heavy atom. The van der Waals surface area contributed by atoms with Crippen molar-refractivity contribution in [3.05, 3.63) is 74.6 Å². The Labute approximate surface area is 147 Å². The van der Waals surface area contributed by atoms with E-state index in [1.54, 1.807) is 6.08 Å². The van der Waals surface area contributed by atoms with Gasteiger partial charge in [-0.05, 0) is 60.1 Å². The zero-order chi connectivity index (χ0) is 16.7. The summed E-state index contributed by atoms with van der Waals surface area (Å²) in [5, 5.41) is 0.722. The van der Waals surface area contributed by atoms with Crippen LogP contribution in [0.4, 0.5) is 0 Å². The minimum Gasteiger partial charge on any atom is -0.207 e. The summed E-state index contributed by atoms with van der Waals surface area (Å²) < 4.78 is 28.6. The maximum atomic E-state index is 12.8. The van der Waals surface area contributed by atoms with E-state index in [2.05, 4.69) is 10.8 Å². The highest BCUT2D eigenvalue weighted by molar-refractivity contribution is 7.93. The molecule has 4 rings (SSSR count). The fourth-order valence-corrected chi connectivity index (χ4v) is 5.31. The summed E-state index contributed by atoms with van der Waals surface area (Å²) in [7, 11) is -3.50. The van der Waals surface area contributed by atoms with Gasteiger partial charge in [-0.1, -0.05) is 48.0 Å². The first kappa shape index (κ1) is 15.9. The van der Waals surface area contributed by atoms with Crippen LogP contribution in [-0.4, -0.2) is 8.42 Å². The summed E-state index contributed by atoms with van der Waals surface area (Å²) in [5.41, 5.74) is 4.27. The van der Waals surface area contributed by atoms with E-state index < -0.39 is 10.0 Å². The Morgan fingerprint density at radius 2 is 1.83 bits per heavy atom. The fourth-order valence-electron chi connectivity index (χ4n) is 3.61. The molecule has 2 aliphatic rings. The average molecular weight is 360 g/mol. The lowest BCUT2D eigenvalue weighted by Crippen LogP contribution is -2.29. The molecular formula is C19H18ClNO2S. The Balaban J connectivity index is 1.62. The number of hydrogen-bond donors (Lipinski definition) is 1. The Bertz CT molecular complexity index is 934. The number of sulfonamides is 1. The van der Waals surface area contributed by atoms with Crippen LogP contribution in [0.2, 0.25) is 5.02 Å². The number of halogens is 1. The fraction of sp³-hybridized carbons (Fsp3) is 0.263. The van der Waals surface area contributed by atoms with Crippen molar-refractivity contribution in [2.45, 2.75) is 31.7 Å². The quantitative estimate of drug-likeness (QED) is 0.891.